The SMILES string of the molecule is O=C(COc1ccccc1F)NN=Cc1ccc(-c2ccccc2)cc1. The zero-order valence-electron chi connectivity index (χ0n) is 13.9. The lowest BCUT2D eigenvalue weighted by molar-refractivity contribution is -0.123. The smallest absolute Gasteiger partial charge is 0.277 e. The fourth-order valence-corrected chi connectivity index (χ4v) is 2.31. The number of nitrogens with zero attached hydrogens (tertiary/aromatic N) is 1. The maximum atomic E-state index is 13.4. The number of halogens is 1. The second kappa shape index (κ2) is 8.58. The second-order valence-corrected chi connectivity index (χ2v) is 5.50. The molecule has 0 fully saturated rings. The summed E-state index contributed by atoms with van der Waals surface area (Å²) in [7, 11) is 0. The molecule has 0 aliphatic heterocycles. The van der Waals surface area contributed by atoms with Gasteiger partial charge in [-0.15, -0.1) is 0 Å². The fourth-order valence-electron chi connectivity index (χ4n) is 2.31. The molecule has 0 aliphatic rings. The van der Waals surface area contributed by atoms with Crippen molar-refractivity contribution in [1.82, 2.24) is 5.43 Å². The van der Waals surface area contributed by atoms with E-state index in [1.807, 2.05) is 54.6 Å². The van der Waals surface area contributed by atoms with Crippen molar-refractivity contribution in [3.05, 3.63) is 90.2 Å². The van der Waals surface area contributed by atoms with Crippen molar-refractivity contribution in [3.63, 3.8) is 0 Å². The van der Waals surface area contributed by atoms with E-state index in [1.54, 1.807) is 12.1 Å². The molecule has 0 bridgehead atoms. The summed E-state index contributed by atoms with van der Waals surface area (Å²) < 4.78 is 18.5. The van der Waals surface area contributed by atoms with Gasteiger partial charge in [0, 0.05) is 0 Å². The van der Waals surface area contributed by atoms with Gasteiger partial charge < -0.3 is 4.74 Å². The molecule has 0 saturated heterocycles. The Labute approximate surface area is 150 Å². The highest BCUT2D eigenvalue weighted by Gasteiger charge is 2.05. The standard InChI is InChI=1S/C21H17FN2O2/c22-19-8-4-5-9-20(19)26-15-21(25)24-23-14-16-10-12-18(13-11-16)17-6-2-1-3-7-17/h1-14H,15H2,(H,24,25). The van der Waals surface area contributed by atoms with Crippen LogP contribution in [0, 0.1) is 5.82 Å². The van der Waals surface area contributed by atoms with Crippen LogP contribution in [-0.2, 0) is 4.79 Å². The molecule has 1 amide bonds. The second-order valence-electron chi connectivity index (χ2n) is 5.50. The highest BCUT2D eigenvalue weighted by molar-refractivity contribution is 5.83. The van der Waals surface area contributed by atoms with Gasteiger partial charge in [-0.2, -0.15) is 5.10 Å². The molecule has 0 aromatic heterocycles. The van der Waals surface area contributed by atoms with E-state index in [-0.39, 0.29) is 12.4 Å². The summed E-state index contributed by atoms with van der Waals surface area (Å²) in [5.74, 6) is -0.948. The molecule has 130 valence electrons. The summed E-state index contributed by atoms with van der Waals surface area (Å²) in [4.78, 5) is 11.7. The average molecular weight is 348 g/mol. The van der Waals surface area contributed by atoms with E-state index in [4.69, 9.17) is 4.74 Å². The first-order valence-corrected chi connectivity index (χ1v) is 8.07. The molecule has 26 heavy (non-hydrogen) atoms. The van der Waals surface area contributed by atoms with Crippen LogP contribution in [0.1, 0.15) is 5.56 Å². The van der Waals surface area contributed by atoms with Gasteiger partial charge in [-0.1, -0.05) is 66.7 Å². The molecule has 1 N–H and O–H groups in total. The Morgan fingerprint density at radius 1 is 0.923 bits per heavy atom. The van der Waals surface area contributed by atoms with Crippen LogP contribution in [-0.4, -0.2) is 18.7 Å². The summed E-state index contributed by atoms with van der Waals surface area (Å²) in [6.45, 7) is -0.314. The van der Waals surface area contributed by atoms with Crippen molar-refractivity contribution in [3.8, 4) is 16.9 Å². The summed E-state index contributed by atoms with van der Waals surface area (Å²) in [6.07, 6.45) is 1.54. The van der Waals surface area contributed by atoms with Gasteiger partial charge in [-0.3, -0.25) is 4.79 Å². The van der Waals surface area contributed by atoms with Crippen molar-refractivity contribution in [2.24, 2.45) is 5.10 Å². The molecule has 3 rings (SSSR count). The Morgan fingerprint density at radius 2 is 1.58 bits per heavy atom. The van der Waals surface area contributed by atoms with Gasteiger partial charge in [0.05, 0.1) is 6.21 Å². The van der Waals surface area contributed by atoms with E-state index in [2.05, 4.69) is 10.5 Å². The van der Waals surface area contributed by atoms with Gasteiger partial charge in [0.15, 0.2) is 18.2 Å². The van der Waals surface area contributed by atoms with E-state index in [1.165, 1.54) is 18.3 Å². The van der Waals surface area contributed by atoms with Crippen LogP contribution < -0.4 is 10.2 Å². The summed E-state index contributed by atoms with van der Waals surface area (Å²) in [5.41, 5.74) is 5.43. The van der Waals surface area contributed by atoms with E-state index >= 15 is 0 Å². The molecular weight excluding hydrogens is 331 g/mol. The van der Waals surface area contributed by atoms with Crippen LogP contribution >= 0.6 is 0 Å². The molecule has 0 spiro atoms. The Morgan fingerprint density at radius 3 is 2.31 bits per heavy atom. The van der Waals surface area contributed by atoms with Gasteiger partial charge in [-0.25, -0.2) is 9.82 Å². The Hall–Kier alpha value is -3.47. The maximum Gasteiger partial charge on any atom is 0.277 e. The number of hydrogen-bond donors (Lipinski definition) is 1. The van der Waals surface area contributed by atoms with Crippen molar-refractivity contribution in [1.29, 1.82) is 0 Å². The summed E-state index contributed by atoms with van der Waals surface area (Å²) in [5, 5.41) is 3.88. The Bertz CT molecular complexity index is 893. The molecule has 0 atom stereocenters. The van der Waals surface area contributed by atoms with Crippen LogP contribution in [0.4, 0.5) is 4.39 Å². The number of carbonyl (C=O) groups is 1. The third kappa shape index (κ3) is 4.77. The lowest BCUT2D eigenvalue weighted by Crippen LogP contribution is -2.24. The number of nitrogens with one attached hydrogen (secondary N) is 1. The van der Waals surface area contributed by atoms with E-state index in [9.17, 15) is 9.18 Å². The molecular formula is C21H17FN2O2. The lowest BCUT2D eigenvalue weighted by Gasteiger charge is -2.05. The topological polar surface area (TPSA) is 50.7 Å². The zero-order chi connectivity index (χ0) is 18.2. The molecule has 4 nitrogen and oxygen atoms in total. The predicted octanol–water partition coefficient (Wildman–Crippen LogP) is 4.02. The minimum absolute atomic E-state index is 0.0307. The largest absolute Gasteiger partial charge is 0.481 e. The number of benzene rings is 3. The highest BCUT2D eigenvalue weighted by atomic mass is 19.1. The Balaban J connectivity index is 1.50. The van der Waals surface area contributed by atoms with Gasteiger partial charge in [0.2, 0.25) is 0 Å². The minimum Gasteiger partial charge on any atom is -0.481 e. The first-order valence-electron chi connectivity index (χ1n) is 8.07. The average Bonchev–Trinajstić information content (AvgIpc) is 2.69. The van der Waals surface area contributed by atoms with Gasteiger partial charge in [0.1, 0.15) is 0 Å². The summed E-state index contributed by atoms with van der Waals surface area (Å²) >= 11 is 0. The van der Waals surface area contributed by atoms with Crippen LogP contribution in [0.15, 0.2) is 84.0 Å². The fraction of sp³-hybridized carbons (Fsp3) is 0.0476. The Kier molecular flexibility index (Phi) is 5.72. The van der Waals surface area contributed by atoms with Gasteiger partial charge >= 0.3 is 0 Å². The third-order valence-electron chi connectivity index (χ3n) is 3.62. The van der Waals surface area contributed by atoms with E-state index in [0.29, 0.717) is 0 Å². The molecule has 5 heteroatoms. The third-order valence-corrected chi connectivity index (χ3v) is 3.62. The number of para-hydroxylation sites is 1. The number of hydrazone groups is 1. The number of hydrogen-bond acceptors (Lipinski definition) is 3. The summed E-state index contributed by atoms with van der Waals surface area (Å²) in [6, 6.07) is 23.7. The highest BCUT2D eigenvalue weighted by Crippen LogP contribution is 2.18. The molecule has 3 aromatic rings. The van der Waals surface area contributed by atoms with E-state index in [0.717, 1.165) is 16.7 Å². The first kappa shape index (κ1) is 17.4. The molecule has 3 aromatic carbocycles. The monoisotopic (exact) mass is 348 g/mol. The molecule has 0 radical (unpaired) electrons. The maximum absolute atomic E-state index is 13.4. The first-order chi connectivity index (χ1) is 12.7. The number of carbonyl (C=O) groups excluding carboxylic acids is 1. The molecule has 0 aliphatic carbocycles. The van der Waals surface area contributed by atoms with Crippen molar-refractivity contribution in [2.45, 2.75) is 0 Å². The normalized spacial score (nSPS) is 10.7. The number of amides is 1. The van der Waals surface area contributed by atoms with Crippen LogP contribution in [0.2, 0.25) is 0 Å². The lowest BCUT2D eigenvalue weighted by atomic mass is 10.0. The minimum atomic E-state index is -0.512. The molecule has 0 saturated carbocycles. The zero-order valence-corrected chi connectivity index (χ0v) is 13.9. The van der Waals surface area contributed by atoms with Crippen molar-refractivity contribution in [2.75, 3.05) is 6.61 Å². The van der Waals surface area contributed by atoms with Crippen LogP contribution in [0.5, 0.6) is 5.75 Å². The van der Waals surface area contributed by atoms with Crippen LogP contribution in [0.25, 0.3) is 11.1 Å². The number of rotatable bonds is 6. The van der Waals surface area contributed by atoms with Gasteiger partial charge in [0.25, 0.3) is 5.91 Å². The van der Waals surface area contributed by atoms with Crippen molar-refractivity contribution >= 4 is 12.1 Å². The van der Waals surface area contributed by atoms with E-state index < -0.39 is 11.7 Å². The number of ether oxygens (including phenoxy) is 1. The van der Waals surface area contributed by atoms with Gasteiger partial charge in [-0.05, 0) is 28.8 Å². The molecule has 0 heterocycles. The predicted molar refractivity (Wildman–Crippen MR) is 99.5 cm³/mol. The van der Waals surface area contributed by atoms with Crippen molar-refractivity contribution < 1.29 is 13.9 Å². The molecule has 0 unspecified atom stereocenters. The van der Waals surface area contributed by atoms with Crippen LogP contribution in [0.3, 0.4) is 0 Å². The quantitative estimate of drug-likeness (QED) is 0.540.